The molecule has 0 aromatic carbocycles. The number of halogens is 1. The third-order valence-electron chi connectivity index (χ3n) is 4.24. The Labute approximate surface area is 129 Å². The SMILES string of the molecule is NCC1CCC(c2ccnc(Nc3cc(F)ccn3)n2)CC1. The average molecular weight is 301 g/mol. The van der Waals surface area contributed by atoms with Crippen LogP contribution in [0.4, 0.5) is 16.2 Å². The summed E-state index contributed by atoms with van der Waals surface area (Å²) in [6, 6.07) is 4.58. The van der Waals surface area contributed by atoms with Crippen molar-refractivity contribution in [3.63, 3.8) is 0 Å². The van der Waals surface area contributed by atoms with Gasteiger partial charge in [-0.2, -0.15) is 0 Å². The van der Waals surface area contributed by atoms with E-state index in [0.29, 0.717) is 23.6 Å². The van der Waals surface area contributed by atoms with Crippen LogP contribution in [0, 0.1) is 11.7 Å². The average Bonchev–Trinajstić information content (AvgIpc) is 2.55. The molecule has 116 valence electrons. The standard InChI is InChI=1S/C16H20FN5/c17-13-5-7-19-15(9-13)22-16-20-8-6-14(21-16)12-3-1-11(10-18)2-4-12/h5-9,11-12H,1-4,10,18H2,(H,19,20,21,22). The van der Waals surface area contributed by atoms with Gasteiger partial charge in [-0.15, -0.1) is 0 Å². The molecule has 2 heterocycles. The summed E-state index contributed by atoms with van der Waals surface area (Å²) < 4.78 is 13.2. The second kappa shape index (κ2) is 6.79. The van der Waals surface area contributed by atoms with E-state index in [1.807, 2.05) is 6.07 Å². The molecule has 1 aliphatic rings. The Morgan fingerprint density at radius 3 is 2.64 bits per heavy atom. The normalized spacial score (nSPS) is 21.5. The van der Waals surface area contributed by atoms with Gasteiger partial charge in [0.15, 0.2) is 0 Å². The molecule has 0 saturated heterocycles. The lowest BCUT2D eigenvalue weighted by Crippen LogP contribution is -2.21. The maximum Gasteiger partial charge on any atom is 0.228 e. The number of nitrogens with two attached hydrogens (primary N) is 1. The van der Waals surface area contributed by atoms with Crippen molar-refractivity contribution in [1.82, 2.24) is 15.0 Å². The second-order valence-corrected chi connectivity index (χ2v) is 5.74. The van der Waals surface area contributed by atoms with Gasteiger partial charge < -0.3 is 11.1 Å². The first-order chi connectivity index (χ1) is 10.7. The van der Waals surface area contributed by atoms with Gasteiger partial charge in [-0.25, -0.2) is 19.3 Å². The fourth-order valence-electron chi connectivity index (χ4n) is 2.94. The number of rotatable bonds is 4. The molecular formula is C16H20FN5. The molecule has 3 N–H and O–H groups in total. The Kier molecular flexibility index (Phi) is 4.58. The Hall–Kier alpha value is -2.08. The van der Waals surface area contributed by atoms with Crippen molar-refractivity contribution in [2.24, 2.45) is 11.7 Å². The van der Waals surface area contributed by atoms with E-state index in [4.69, 9.17) is 5.73 Å². The highest BCUT2D eigenvalue weighted by molar-refractivity contribution is 5.47. The number of nitrogens with zero attached hydrogens (tertiary/aromatic N) is 3. The van der Waals surface area contributed by atoms with Gasteiger partial charge in [-0.3, -0.25) is 0 Å². The minimum atomic E-state index is -0.339. The van der Waals surface area contributed by atoms with Crippen molar-refractivity contribution >= 4 is 11.8 Å². The van der Waals surface area contributed by atoms with Gasteiger partial charge in [0.1, 0.15) is 11.6 Å². The minimum Gasteiger partial charge on any atom is -0.330 e. The predicted molar refractivity (Wildman–Crippen MR) is 83.3 cm³/mol. The van der Waals surface area contributed by atoms with Gasteiger partial charge in [0, 0.05) is 30.1 Å². The van der Waals surface area contributed by atoms with Crippen LogP contribution >= 0.6 is 0 Å². The van der Waals surface area contributed by atoms with E-state index in [2.05, 4.69) is 20.3 Å². The number of aromatic nitrogens is 3. The molecule has 2 aromatic rings. The summed E-state index contributed by atoms with van der Waals surface area (Å²) >= 11 is 0. The molecule has 6 heteroatoms. The summed E-state index contributed by atoms with van der Waals surface area (Å²) in [5.41, 5.74) is 6.77. The molecule has 1 fully saturated rings. The summed E-state index contributed by atoms with van der Waals surface area (Å²) in [7, 11) is 0. The zero-order valence-electron chi connectivity index (χ0n) is 12.4. The maximum atomic E-state index is 13.2. The highest BCUT2D eigenvalue weighted by Gasteiger charge is 2.22. The number of nitrogens with one attached hydrogen (secondary N) is 1. The van der Waals surface area contributed by atoms with Crippen molar-refractivity contribution < 1.29 is 4.39 Å². The third-order valence-corrected chi connectivity index (χ3v) is 4.24. The van der Waals surface area contributed by atoms with Crippen molar-refractivity contribution in [2.75, 3.05) is 11.9 Å². The van der Waals surface area contributed by atoms with E-state index >= 15 is 0 Å². The molecule has 0 bridgehead atoms. The number of hydrogen-bond acceptors (Lipinski definition) is 5. The molecule has 0 spiro atoms. The third kappa shape index (κ3) is 3.57. The van der Waals surface area contributed by atoms with Crippen LogP contribution in [0.5, 0.6) is 0 Å². The zero-order valence-corrected chi connectivity index (χ0v) is 12.4. The molecule has 1 aliphatic carbocycles. The lowest BCUT2D eigenvalue weighted by molar-refractivity contribution is 0.329. The first kappa shape index (κ1) is 14.8. The van der Waals surface area contributed by atoms with Gasteiger partial charge in [0.2, 0.25) is 5.95 Å². The second-order valence-electron chi connectivity index (χ2n) is 5.74. The number of hydrogen-bond donors (Lipinski definition) is 2. The van der Waals surface area contributed by atoms with Gasteiger partial charge in [-0.1, -0.05) is 0 Å². The van der Waals surface area contributed by atoms with Crippen LogP contribution < -0.4 is 11.1 Å². The van der Waals surface area contributed by atoms with E-state index in [0.717, 1.165) is 37.9 Å². The van der Waals surface area contributed by atoms with E-state index in [-0.39, 0.29) is 5.82 Å². The maximum absolute atomic E-state index is 13.2. The van der Waals surface area contributed by atoms with Crippen LogP contribution in [0.3, 0.4) is 0 Å². The molecule has 0 aliphatic heterocycles. The fraction of sp³-hybridized carbons (Fsp3) is 0.438. The Balaban J connectivity index is 1.70. The van der Waals surface area contributed by atoms with Crippen LogP contribution in [-0.4, -0.2) is 21.5 Å². The van der Waals surface area contributed by atoms with Crippen LogP contribution in [-0.2, 0) is 0 Å². The molecule has 22 heavy (non-hydrogen) atoms. The first-order valence-electron chi connectivity index (χ1n) is 7.66. The van der Waals surface area contributed by atoms with Crippen LogP contribution in [0.2, 0.25) is 0 Å². The lowest BCUT2D eigenvalue weighted by atomic mass is 9.80. The smallest absolute Gasteiger partial charge is 0.228 e. The quantitative estimate of drug-likeness (QED) is 0.908. The van der Waals surface area contributed by atoms with Crippen LogP contribution in [0.15, 0.2) is 30.6 Å². The zero-order chi connectivity index (χ0) is 15.4. The molecule has 5 nitrogen and oxygen atoms in total. The molecule has 0 unspecified atom stereocenters. The first-order valence-corrected chi connectivity index (χ1v) is 7.66. The molecule has 0 amide bonds. The largest absolute Gasteiger partial charge is 0.330 e. The molecule has 0 atom stereocenters. The highest BCUT2D eigenvalue weighted by Crippen LogP contribution is 2.34. The van der Waals surface area contributed by atoms with Crippen LogP contribution in [0.1, 0.15) is 37.3 Å². The van der Waals surface area contributed by atoms with Crippen molar-refractivity contribution in [3.05, 3.63) is 42.1 Å². The van der Waals surface area contributed by atoms with E-state index < -0.39 is 0 Å². The monoisotopic (exact) mass is 301 g/mol. The highest BCUT2D eigenvalue weighted by atomic mass is 19.1. The molecule has 2 aromatic heterocycles. The Morgan fingerprint density at radius 2 is 1.91 bits per heavy atom. The van der Waals surface area contributed by atoms with Gasteiger partial charge in [-0.05, 0) is 50.3 Å². The molecule has 1 saturated carbocycles. The molecular weight excluding hydrogens is 281 g/mol. The topological polar surface area (TPSA) is 76.7 Å². The lowest BCUT2D eigenvalue weighted by Gasteiger charge is -2.27. The fourth-order valence-corrected chi connectivity index (χ4v) is 2.94. The molecule has 3 rings (SSSR count). The summed E-state index contributed by atoms with van der Waals surface area (Å²) in [5.74, 6) is 1.62. The van der Waals surface area contributed by atoms with E-state index in [1.165, 1.54) is 18.3 Å². The van der Waals surface area contributed by atoms with Crippen LogP contribution in [0.25, 0.3) is 0 Å². The summed E-state index contributed by atoms with van der Waals surface area (Å²) in [6.07, 6.45) is 7.67. The van der Waals surface area contributed by atoms with Crippen molar-refractivity contribution in [3.8, 4) is 0 Å². The summed E-state index contributed by atoms with van der Waals surface area (Å²) in [5, 5.41) is 2.95. The Morgan fingerprint density at radius 1 is 1.14 bits per heavy atom. The number of pyridine rings is 1. The van der Waals surface area contributed by atoms with E-state index in [9.17, 15) is 4.39 Å². The summed E-state index contributed by atoms with van der Waals surface area (Å²) in [4.78, 5) is 12.8. The van der Waals surface area contributed by atoms with Gasteiger partial charge >= 0.3 is 0 Å². The number of anilines is 2. The van der Waals surface area contributed by atoms with Crippen molar-refractivity contribution in [1.29, 1.82) is 0 Å². The minimum absolute atomic E-state index is 0.339. The van der Waals surface area contributed by atoms with E-state index in [1.54, 1.807) is 6.20 Å². The summed E-state index contributed by atoms with van der Waals surface area (Å²) in [6.45, 7) is 0.772. The Bertz CT molecular complexity index is 625. The van der Waals surface area contributed by atoms with Gasteiger partial charge in [0.25, 0.3) is 0 Å². The van der Waals surface area contributed by atoms with Gasteiger partial charge in [0.05, 0.1) is 0 Å². The predicted octanol–water partition coefficient (Wildman–Crippen LogP) is 2.99. The van der Waals surface area contributed by atoms with Crippen molar-refractivity contribution in [2.45, 2.75) is 31.6 Å². The molecule has 0 radical (unpaired) electrons.